The first kappa shape index (κ1) is 8.56. The van der Waals surface area contributed by atoms with Crippen molar-refractivity contribution < 1.29 is 0 Å². The summed E-state index contributed by atoms with van der Waals surface area (Å²) < 4.78 is 2.91. The fraction of sp³-hybridized carbons (Fsp3) is 0.250. The minimum atomic E-state index is 0.851. The predicted molar refractivity (Wildman–Crippen MR) is 51.8 cm³/mol. The van der Waals surface area contributed by atoms with Crippen LogP contribution in [0.5, 0.6) is 0 Å². The molecule has 1 aromatic carbocycles. The Hall–Kier alpha value is -0.540. The smallest absolute Gasteiger partial charge is 0.0337 e. The quantitative estimate of drug-likeness (QED) is 0.754. The van der Waals surface area contributed by atoms with Gasteiger partial charge < -0.3 is 5.32 Å². The second-order valence-electron chi connectivity index (χ2n) is 2.26. The van der Waals surface area contributed by atoms with E-state index in [1.165, 1.54) is 5.56 Å². The van der Waals surface area contributed by atoms with Crippen molar-refractivity contribution in [3.63, 3.8) is 0 Å². The van der Waals surface area contributed by atoms with Gasteiger partial charge in [0.05, 0.1) is 0 Å². The molecule has 0 aliphatic heterocycles. The summed E-state index contributed by atoms with van der Waals surface area (Å²) in [6.45, 7) is 0.851. The number of hydrogen-bond acceptors (Lipinski definition) is 2. The molecule has 0 fully saturated rings. The third-order valence-corrected chi connectivity index (χ3v) is 1.79. The zero-order valence-corrected chi connectivity index (χ0v) is 7.98. The van der Waals surface area contributed by atoms with E-state index in [2.05, 4.69) is 50.1 Å². The van der Waals surface area contributed by atoms with Crippen molar-refractivity contribution in [2.75, 3.05) is 12.4 Å². The number of hydrogen-bond donors (Lipinski definition) is 2. The van der Waals surface area contributed by atoms with E-state index in [1.807, 2.05) is 7.05 Å². The van der Waals surface area contributed by atoms with Crippen molar-refractivity contribution in [3.8, 4) is 0 Å². The van der Waals surface area contributed by atoms with Gasteiger partial charge in [-0.05, 0) is 17.7 Å². The lowest BCUT2D eigenvalue weighted by atomic mass is 10.2. The van der Waals surface area contributed by atoms with Gasteiger partial charge in [0, 0.05) is 35.4 Å². The van der Waals surface area contributed by atoms with Crippen molar-refractivity contribution in [3.05, 3.63) is 29.8 Å². The van der Waals surface area contributed by atoms with Crippen LogP contribution < -0.4 is 9.66 Å². The molecule has 1 rings (SSSR count). The van der Waals surface area contributed by atoms with Gasteiger partial charge in [-0.3, -0.25) is 4.34 Å². The van der Waals surface area contributed by atoms with Crippen LogP contribution in [0.1, 0.15) is 5.56 Å². The molecule has 0 heterocycles. The Labute approximate surface area is 75.3 Å². The highest BCUT2D eigenvalue weighted by molar-refractivity contribution is 9.08. The van der Waals surface area contributed by atoms with Crippen molar-refractivity contribution in [1.82, 2.24) is 4.34 Å². The Morgan fingerprint density at radius 3 is 2.36 bits per heavy atom. The van der Waals surface area contributed by atoms with Crippen LogP contribution in [0.3, 0.4) is 0 Å². The minimum Gasteiger partial charge on any atom is -0.388 e. The minimum absolute atomic E-state index is 0.851. The standard InChI is InChI=1S/C8H11BrN2/c1-10-8-4-2-7(3-5-8)6-11-9/h2-5,10-11H,6H2,1H3. The van der Waals surface area contributed by atoms with E-state index in [0.717, 1.165) is 12.2 Å². The first-order chi connectivity index (χ1) is 5.36. The van der Waals surface area contributed by atoms with Gasteiger partial charge in [0.1, 0.15) is 0 Å². The molecule has 0 aliphatic rings. The number of nitrogens with one attached hydrogen (secondary N) is 2. The summed E-state index contributed by atoms with van der Waals surface area (Å²) in [5.74, 6) is 0. The lowest BCUT2D eigenvalue weighted by molar-refractivity contribution is 0.995. The van der Waals surface area contributed by atoms with E-state index in [1.54, 1.807) is 0 Å². The topological polar surface area (TPSA) is 24.1 Å². The second-order valence-corrected chi connectivity index (χ2v) is 2.82. The van der Waals surface area contributed by atoms with Crippen LogP contribution in [0.4, 0.5) is 5.69 Å². The monoisotopic (exact) mass is 214 g/mol. The highest BCUT2D eigenvalue weighted by atomic mass is 79.9. The normalized spacial score (nSPS) is 9.64. The van der Waals surface area contributed by atoms with Crippen LogP contribution in [-0.2, 0) is 6.54 Å². The first-order valence-corrected chi connectivity index (χ1v) is 4.26. The van der Waals surface area contributed by atoms with Crippen LogP contribution in [0, 0.1) is 0 Å². The number of anilines is 1. The summed E-state index contributed by atoms with van der Waals surface area (Å²) in [7, 11) is 1.91. The maximum absolute atomic E-state index is 3.16. The van der Waals surface area contributed by atoms with Gasteiger partial charge in [0.15, 0.2) is 0 Å². The third kappa shape index (κ3) is 2.52. The fourth-order valence-electron chi connectivity index (χ4n) is 0.866. The maximum atomic E-state index is 3.16. The summed E-state index contributed by atoms with van der Waals surface area (Å²) in [6, 6.07) is 8.28. The molecule has 0 atom stereocenters. The van der Waals surface area contributed by atoms with Crippen molar-refractivity contribution >= 4 is 21.8 Å². The van der Waals surface area contributed by atoms with Crippen LogP contribution in [0.2, 0.25) is 0 Å². The van der Waals surface area contributed by atoms with Gasteiger partial charge >= 0.3 is 0 Å². The number of benzene rings is 1. The average Bonchev–Trinajstić information content (AvgIpc) is 2.07. The first-order valence-electron chi connectivity index (χ1n) is 3.47. The highest BCUT2D eigenvalue weighted by Gasteiger charge is 1.90. The Morgan fingerprint density at radius 2 is 1.91 bits per heavy atom. The summed E-state index contributed by atoms with van der Waals surface area (Å²) in [5, 5.41) is 3.06. The fourth-order valence-corrected chi connectivity index (χ4v) is 1.19. The molecule has 0 radical (unpaired) electrons. The molecule has 0 amide bonds. The Balaban J connectivity index is 2.66. The van der Waals surface area contributed by atoms with Crippen molar-refractivity contribution in [2.24, 2.45) is 0 Å². The van der Waals surface area contributed by atoms with Crippen LogP contribution in [-0.4, -0.2) is 7.05 Å². The molecule has 60 valence electrons. The highest BCUT2D eigenvalue weighted by Crippen LogP contribution is 2.08. The van der Waals surface area contributed by atoms with E-state index in [4.69, 9.17) is 0 Å². The van der Waals surface area contributed by atoms with Crippen LogP contribution in [0.25, 0.3) is 0 Å². The van der Waals surface area contributed by atoms with E-state index in [-0.39, 0.29) is 0 Å². The molecule has 0 saturated carbocycles. The van der Waals surface area contributed by atoms with Gasteiger partial charge in [-0.2, -0.15) is 0 Å². The molecule has 2 nitrogen and oxygen atoms in total. The molecular weight excluding hydrogens is 204 g/mol. The third-order valence-electron chi connectivity index (χ3n) is 1.51. The van der Waals surface area contributed by atoms with E-state index in [0.29, 0.717) is 0 Å². The lowest BCUT2D eigenvalue weighted by Crippen LogP contribution is -1.97. The molecule has 0 saturated heterocycles. The molecule has 2 N–H and O–H groups in total. The van der Waals surface area contributed by atoms with Gasteiger partial charge in [-0.15, -0.1) is 0 Å². The summed E-state index contributed by atoms with van der Waals surface area (Å²) in [5.41, 5.74) is 2.41. The van der Waals surface area contributed by atoms with Gasteiger partial charge in [0.25, 0.3) is 0 Å². The molecule has 0 aromatic heterocycles. The Morgan fingerprint density at radius 1 is 1.27 bits per heavy atom. The molecule has 3 heteroatoms. The zero-order chi connectivity index (χ0) is 8.10. The largest absolute Gasteiger partial charge is 0.388 e. The summed E-state index contributed by atoms with van der Waals surface area (Å²) in [6.07, 6.45) is 0. The van der Waals surface area contributed by atoms with Gasteiger partial charge in [-0.25, -0.2) is 0 Å². The summed E-state index contributed by atoms with van der Waals surface area (Å²) >= 11 is 3.16. The number of halogens is 1. The second kappa shape index (κ2) is 4.36. The van der Waals surface area contributed by atoms with Crippen LogP contribution >= 0.6 is 16.1 Å². The molecule has 11 heavy (non-hydrogen) atoms. The van der Waals surface area contributed by atoms with E-state index < -0.39 is 0 Å². The average molecular weight is 215 g/mol. The Bertz CT molecular complexity index is 208. The van der Waals surface area contributed by atoms with E-state index >= 15 is 0 Å². The Kier molecular flexibility index (Phi) is 3.39. The molecule has 0 unspecified atom stereocenters. The van der Waals surface area contributed by atoms with Crippen molar-refractivity contribution in [1.29, 1.82) is 0 Å². The molecule has 0 aliphatic carbocycles. The predicted octanol–water partition coefficient (Wildman–Crippen LogP) is 2.13. The summed E-state index contributed by atoms with van der Waals surface area (Å²) in [4.78, 5) is 0. The molecular formula is C8H11BrN2. The van der Waals surface area contributed by atoms with E-state index in [9.17, 15) is 0 Å². The SMILES string of the molecule is CNc1ccc(CNBr)cc1. The van der Waals surface area contributed by atoms with Crippen LogP contribution in [0.15, 0.2) is 24.3 Å². The lowest BCUT2D eigenvalue weighted by Gasteiger charge is -2.01. The number of rotatable bonds is 3. The zero-order valence-electron chi connectivity index (χ0n) is 6.39. The maximum Gasteiger partial charge on any atom is 0.0337 e. The van der Waals surface area contributed by atoms with Crippen molar-refractivity contribution in [2.45, 2.75) is 6.54 Å². The van der Waals surface area contributed by atoms with Gasteiger partial charge in [0.2, 0.25) is 0 Å². The van der Waals surface area contributed by atoms with Gasteiger partial charge in [-0.1, -0.05) is 12.1 Å². The molecule has 1 aromatic rings. The molecule has 0 spiro atoms. The molecule has 0 bridgehead atoms.